The van der Waals surface area contributed by atoms with Crippen molar-refractivity contribution in [2.24, 2.45) is 0 Å². The van der Waals surface area contributed by atoms with E-state index in [2.05, 4.69) is 15.0 Å². The van der Waals surface area contributed by atoms with Gasteiger partial charge in [-0.25, -0.2) is 0 Å². The number of benzene rings is 1. The lowest BCUT2D eigenvalue weighted by Crippen LogP contribution is -2.36. The average molecular weight is 333 g/mol. The highest BCUT2D eigenvalue weighted by atomic mass is 16.5. The van der Waals surface area contributed by atoms with Gasteiger partial charge in [0.05, 0.1) is 26.4 Å². The summed E-state index contributed by atoms with van der Waals surface area (Å²) in [6.07, 6.45) is 0.0574. The topological polar surface area (TPSA) is 80.9 Å². The molecule has 0 bridgehead atoms. The predicted molar refractivity (Wildman–Crippen MR) is 87.0 cm³/mol. The molecule has 0 unspecified atom stereocenters. The predicted octanol–water partition coefficient (Wildman–Crippen LogP) is 2.26. The van der Waals surface area contributed by atoms with Gasteiger partial charge in [0.25, 0.3) is 0 Å². The Morgan fingerprint density at radius 1 is 1.33 bits per heavy atom. The Morgan fingerprint density at radius 2 is 2.04 bits per heavy atom. The Balaban J connectivity index is 1.93. The summed E-state index contributed by atoms with van der Waals surface area (Å²) in [5.74, 6) is 2.66. The molecule has 1 aromatic heterocycles. The summed E-state index contributed by atoms with van der Waals surface area (Å²) < 4.78 is 16.2. The van der Waals surface area contributed by atoms with Crippen LogP contribution < -0.4 is 9.47 Å². The quantitative estimate of drug-likeness (QED) is 0.899. The minimum Gasteiger partial charge on any atom is -0.496 e. The monoisotopic (exact) mass is 333 g/mol. The summed E-state index contributed by atoms with van der Waals surface area (Å²) in [6, 6.07) is 3.59. The summed E-state index contributed by atoms with van der Waals surface area (Å²) in [7, 11) is 3.23. The number of aliphatic hydroxyl groups is 1. The van der Waals surface area contributed by atoms with E-state index in [0.717, 1.165) is 23.3 Å². The van der Waals surface area contributed by atoms with E-state index in [1.54, 1.807) is 14.2 Å². The summed E-state index contributed by atoms with van der Waals surface area (Å²) >= 11 is 0. The van der Waals surface area contributed by atoms with Crippen LogP contribution in [0, 0.1) is 0 Å². The molecule has 2 atom stereocenters. The van der Waals surface area contributed by atoms with Gasteiger partial charge >= 0.3 is 0 Å². The first-order valence-electron chi connectivity index (χ1n) is 8.07. The first kappa shape index (κ1) is 16.7. The second-order valence-corrected chi connectivity index (χ2v) is 5.89. The number of aliphatic hydroxyl groups excluding tert-OH is 1. The van der Waals surface area contributed by atoms with Gasteiger partial charge < -0.3 is 19.1 Å². The third kappa shape index (κ3) is 2.85. The number of hydrogen-bond donors (Lipinski definition) is 1. The van der Waals surface area contributed by atoms with Gasteiger partial charge in [0.1, 0.15) is 11.5 Å². The van der Waals surface area contributed by atoms with Crippen LogP contribution in [0.3, 0.4) is 0 Å². The minimum absolute atomic E-state index is 0.100. The van der Waals surface area contributed by atoms with Gasteiger partial charge in [0.15, 0.2) is 5.82 Å². The molecule has 0 amide bonds. The van der Waals surface area contributed by atoms with Gasteiger partial charge in [-0.1, -0.05) is 12.1 Å². The fourth-order valence-corrected chi connectivity index (χ4v) is 3.13. The van der Waals surface area contributed by atoms with Gasteiger partial charge in [-0.15, -0.1) is 0 Å². The van der Waals surface area contributed by atoms with Crippen molar-refractivity contribution in [3.63, 3.8) is 0 Å². The second-order valence-electron chi connectivity index (χ2n) is 5.89. The van der Waals surface area contributed by atoms with E-state index >= 15 is 0 Å². The van der Waals surface area contributed by atoms with Crippen LogP contribution in [0.15, 0.2) is 16.7 Å². The molecule has 2 heterocycles. The first-order valence-corrected chi connectivity index (χ1v) is 8.07. The molecule has 0 saturated heterocycles. The largest absolute Gasteiger partial charge is 0.496 e. The number of β-amino-alcohol motifs (C(OH)–C–C–N with tert-alkyl or cyclic N) is 1. The summed E-state index contributed by atoms with van der Waals surface area (Å²) in [5.41, 5.74) is 1.72. The van der Waals surface area contributed by atoms with E-state index in [4.69, 9.17) is 14.0 Å². The van der Waals surface area contributed by atoms with E-state index in [9.17, 15) is 5.11 Å². The third-order valence-corrected chi connectivity index (χ3v) is 4.52. The Bertz CT molecular complexity index is 716. The molecule has 0 aliphatic carbocycles. The number of aromatic nitrogens is 2. The standard InChI is InChI=1S/C17H23N3O4/c1-5-15-18-17(24-19-15)10(2)20-8-11-13(22-3)6-7-14(23-4)16(11)12(21)9-20/h6-7,10,12,21H,5,8-9H2,1-4H3/t10-,12-/m0/s1. The highest BCUT2D eigenvalue weighted by Gasteiger charge is 2.33. The molecular formula is C17H23N3O4. The van der Waals surface area contributed by atoms with Crippen LogP contribution in [0.25, 0.3) is 0 Å². The van der Waals surface area contributed by atoms with E-state index in [0.29, 0.717) is 30.6 Å². The maximum absolute atomic E-state index is 10.7. The fourth-order valence-electron chi connectivity index (χ4n) is 3.13. The maximum atomic E-state index is 10.7. The van der Waals surface area contributed by atoms with E-state index in [-0.39, 0.29) is 6.04 Å². The highest BCUT2D eigenvalue weighted by Crippen LogP contribution is 2.41. The van der Waals surface area contributed by atoms with Crippen molar-refractivity contribution in [3.8, 4) is 11.5 Å². The van der Waals surface area contributed by atoms with Crippen molar-refractivity contribution in [2.45, 2.75) is 39.0 Å². The molecule has 1 aliphatic heterocycles. The lowest BCUT2D eigenvalue weighted by atomic mass is 9.94. The van der Waals surface area contributed by atoms with Crippen molar-refractivity contribution in [2.75, 3.05) is 20.8 Å². The Morgan fingerprint density at radius 3 is 2.67 bits per heavy atom. The zero-order valence-electron chi connectivity index (χ0n) is 14.4. The zero-order valence-corrected chi connectivity index (χ0v) is 14.4. The number of aryl methyl sites for hydroxylation is 1. The van der Waals surface area contributed by atoms with Crippen molar-refractivity contribution in [1.82, 2.24) is 15.0 Å². The third-order valence-electron chi connectivity index (χ3n) is 4.52. The first-order chi connectivity index (χ1) is 11.6. The van der Waals surface area contributed by atoms with Gasteiger partial charge in [-0.2, -0.15) is 4.98 Å². The average Bonchev–Trinajstić information content (AvgIpc) is 3.09. The van der Waals surface area contributed by atoms with Crippen LogP contribution in [-0.4, -0.2) is 40.9 Å². The normalized spacial score (nSPS) is 19.0. The summed E-state index contributed by atoms with van der Waals surface area (Å²) in [4.78, 5) is 6.50. The van der Waals surface area contributed by atoms with Crippen molar-refractivity contribution in [3.05, 3.63) is 35.0 Å². The molecule has 7 nitrogen and oxygen atoms in total. The lowest BCUT2D eigenvalue weighted by Gasteiger charge is -2.36. The number of ether oxygens (including phenoxy) is 2. The van der Waals surface area contributed by atoms with E-state index in [1.807, 2.05) is 26.0 Å². The molecule has 0 spiro atoms. The molecule has 0 saturated carbocycles. The summed E-state index contributed by atoms with van der Waals surface area (Å²) in [5, 5.41) is 14.6. The number of hydrogen-bond acceptors (Lipinski definition) is 7. The molecular weight excluding hydrogens is 310 g/mol. The van der Waals surface area contributed by atoms with Crippen LogP contribution in [0.1, 0.15) is 48.8 Å². The molecule has 2 aromatic rings. The number of fused-ring (bicyclic) bond motifs is 1. The lowest BCUT2D eigenvalue weighted by molar-refractivity contribution is 0.0567. The fraction of sp³-hybridized carbons (Fsp3) is 0.529. The van der Waals surface area contributed by atoms with Gasteiger partial charge in [0, 0.05) is 30.6 Å². The van der Waals surface area contributed by atoms with E-state index < -0.39 is 6.10 Å². The highest BCUT2D eigenvalue weighted by molar-refractivity contribution is 5.51. The molecule has 7 heteroatoms. The van der Waals surface area contributed by atoms with Gasteiger partial charge in [-0.05, 0) is 19.1 Å². The van der Waals surface area contributed by atoms with Crippen LogP contribution in [0.4, 0.5) is 0 Å². The van der Waals surface area contributed by atoms with Crippen LogP contribution >= 0.6 is 0 Å². The number of nitrogens with zero attached hydrogens (tertiary/aromatic N) is 3. The Labute approximate surface area is 141 Å². The number of rotatable bonds is 5. The second kappa shape index (κ2) is 6.78. The molecule has 130 valence electrons. The van der Waals surface area contributed by atoms with Crippen LogP contribution in [0.5, 0.6) is 11.5 Å². The molecule has 3 rings (SSSR count). The molecule has 1 N–H and O–H groups in total. The molecule has 24 heavy (non-hydrogen) atoms. The summed E-state index contributed by atoms with van der Waals surface area (Å²) in [6.45, 7) is 5.05. The van der Waals surface area contributed by atoms with Gasteiger partial charge in [0.2, 0.25) is 5.89 Å². The van der Waals surface area contributed by atoms with Crippen molar-refractivity contribution < 1.29 is 19.1 Å². The Hall–Kier alpha value is -2.12. The smallest absolute Gasteiger partial charge is 0.243 e. The van der Waals surface area contributed by atoms with Crippen LogP contribution in [-0.2, 0) is 13.0 Å². The maximum Gasteiger partial charge on any atom is 0.243 e. The van der Waals surface area contributed by atoms with Crippen LogP contribution in [0.2, 0.25) is 0 Å². The Kier molecular flexibility index (Phi) is 4.73. The molecule has 0 fully saturated rings. The van der Waals surface area contributed by atoms with E-state index in [1.165, 1.54) is 0 Å². The molecule has 0 radical (unpaired) electrons. The molecule has 1 aliphatic rings. The van der Waals surface area contributed by atoms with Crippen molar-refractivity contribution >= 4 is 0 Å². The molecule has 1 aromatic carbocycles. The SMILES string of the molecule is CCc1noc([C@H](C)N2Cc3c(OC)ccc(OC)c3[C@@H](O)C2)n1. The number of methoxy groups -OCH3 is 2. The van der Waals surface area contributed by atoms with Crippen molar-refractivity contribution in [1.29, 1.82) is 0 Å². The minimum atomic E-state index is -0.671. The zero-order chi connectivity index (χ0) is 17.3. The van der Waals surface area contributed by atoms with Gasteiger partial charge in [-0.3, -0.25) is 4.90 Å².